The molecule has 0 aromatic carbocycles. The Kier molecular flexibility index (Phi) is 20.5. The quantitative estimate of drug-likeness (QED) is 0.113. The van der Waals surface area contributed by atoms with Gasteiger partial charge in [0, 0.05) is 151 Å². The Bertz CT molecular complexity index is 6570. The summed E-state index contributed by atoms with van der Waals surface area (Å²) < 4.78 is 13.4. The molecule has 0 aliphatic carbocycles. The zero-order chi connectivity index (χ0) is 81.4. The number of nitrogens with one attached hydrogen (secondary N) is 4. The van der Waals surface area contributed by atoms with E-state index in [0.717, 1.165) is 150 Å². The number of pyridine rings is 4. The molecule has 20 rings (SSSR count). The van der Waals surface area contributed by atoms with Gasteiger partial charge in [0.25, 0.3) is 22.2 Å². The van der Waals surface area contributed by atoms with Crippen LogP contribution in [0.1, 0.15) is 81.0 Å². The Morgan fingerprint density at radius 3 is 0.897 bits per heavy atom. The lowest BCUT2D eigenvalue weighted by molar-refractivity contribution is 0.406. The SMILES string of the molecule is Cc1cn2nc(-c3cc(=O)n4cc(N5CCN[C@@H](C)C5)cc(C)c4n3)ccc2n1.Cc1cn2nc(-c3cc(=O)n4cc(N5CCN[C@H](C)C5)cc(C)c4n3)ccc2n1.Cc1cn2nc(-c3cc(=O)n4cc(N5C[C@@H](C)N[C@@H](C)C5)cc(C)c4n3)ccc2n1.Cc1cn2nc(-c3cc(=O)n4cc(N5C[C@H](C)N[C@@H](C)C5)ccc4n3)ccc2n1. The van der Waals surface area contributed by atoms with E-state index in [1.54, 1.807) is 53.9 Å². The second kappa shape index (κ2) is 31.3. The molecule has 0 bridgehead atoms. The Hall–Kier alpha value is -13.0. The molecular formula is C85H94N28O4. The van der Waals surface area contributed by atoms with Crippen molar-refractivity contribution in [2.75, 3.05) is 85.0 Å². The largest absolute Gasteiger partial charge is 0.368 e. The van der Waals surface area contributed by atoms with Crippen molar-refractivity contribution in [1.29, 1.82) is 0 Å². The van der Waals surface area contributed by atoms with Crippen LogP contribution in [0.4, 0.5) is 22.7 Å². The molecule has 4 saturated heterocycles. The predicted octanol–water partition coefficient (Wildman–Crippen LogP) is 7.75. The Labute approximate surface area is 672 Å². The molecule has 32 nitrogen and oxygen atoms in total. The van der Waals surface area contributed by atoms with Gasteiger partial charge in [-0.05, 0) is 186 Å². The minimum absolute atomic E-state index is 0.109. The molecule has 6 atom stereocenters. The van der Waals surface area contributed by atoms with E-state index >= 15 is 0 Å². The molecule has 4 fully saturated rings. The second-order valence-electron chi connectivity index (χ2n) is 31.7. The van der Waals surface area contributed by atoms with E-state index in [2.05, 4.69) is 146 Å². The third kappa shape index (κ3) is 16.0. The van der Waals surface area contributed by atoms with Gasteiger partial charge in [0.15, 0.2) is 22.6 Å². The molecule has 20 heterocycles. The lowest BCUT2D eigenvalue weighted by atomic mass is 10.1. The van der Waals surface area contributed by atoms with Crippen LogP contribution in [0.25, 0.3) is 90.7 Å². The summed E-state index contributed by atoms with van der Waals surface area (Å²) >= 11 is 0. The molecule has 4 aliphatic rings. The van der Waals surface area contributed by atoms with Crippen molar-refractivity contribution in [3.8, 4) is 45.6 Å². The molecule has 4 N–H and O–H groups in total. The number of hydrogen-bond donors (Lipinski definition) is 4. The highest BCUT2D eigenvalue weighted by molar-refractivity contribution is 5.68. The number of hydrogen-bond acceptors (Lipinski definition) is 24. The fraction of sp³-hybridized carbons (Fsp3) is 0.341. The van der Waals surface area contributed by atoms with Crippen LogP contribution >= 0.6 is 0 Å². The van der Waals surface area contributed by atoms with Crippen molar-refractivity contribution in [3.63, 3.8) is 0 Å². The van der Waals surface area contributed by atoms with Gasteiger partial charge in [-0.1, -0.05) is 0 Å². The van der Waals surface area contributed by atoms with Gasteiger partial charge in [-0.3, -0.25) is 36.8 Å². The number of nitrogens with zero attached hydrogens (tertiary/aromatic N) is 24. The summed E-state index contributed by atoms with van der Waals surface area (Å²) in [6, 6.07) is 33.9. The molecule has 16 aromatic heterocycles. The summed E-state index contributed by atoms with van der Waals surface area (Å²) in [4.78, 5) is 97.5. The molecular weight excluding hydrogens is 1480 g/mol. The minimum Gasteiger partial charge on any atom is -0.368 e. The van der Waals surface area contributed by atoms with Crippen LogP contribution in [0, 0.1) is 48.5 Å². The molecule has 4 aliphatic heterocycles. The number of aromatic nitrogens is 20. The summed E-state index contributed by atoms with van der Waals surface area (Å²) in [5, 5.41) is 32.2. The molecule has 0 spiro atoms. The average molecular weight is 1570 g/mol. The van der Waals surface area contributed by atoms with Crippen molar-refractivity contribution in [1.82, 2.24) is 117 Å². The van der Waals surface area contributed by atoms with Crippen LogP contribution in [0.5, 0.6) is 0 Å². The van der Waals surface area contributed by atoms with Crippen LogP contribution in [0.2, 0.25) is 0 Å². The molecule has 0 unspecified atom stereocenters. The van der Waals surface area contributed by atoms with Crippen LogP contribution in [0.3, 0.4) is 0 Å². The molecule has 117 heavy (non-hydrogen) atoms. The summed E-state index contributed by atoms with van der Waals surface area (Å²) in [6.07, 6.45) is 15.0. The van der Waals surface area contributed by atoms with Crippen molar-refractivity contribution < 1.29 is 0 Å². The lowest BCUT2D eigenvalue weighted by Gasteiger charge is -2.37. The molecule has 0 amide bonds. The Morgan fingerprint density at radius 2 is 0.564 bits per heavy atom. The minimum atomic E-state index is -0.119. The van der Waals surface area contributed by atoms with E-state index in [4.69, 9.17) is 15.0 Å². The standard InChI is InChI=1S/C22H25N7O.3C21H23N7O/c1-13-7-17(27-9-14(2)23-15(3)10-27)12-28-21(30)8-19(25-22(13)28)18-5-6-20-24-16(4)11-29(20)26-18;1-13-9-26(10-14(2)22-13)16-4-6-19-24-18(8-21(29)27(19)12-16)17-5-7-20-23-15(3)11-28(20)25-17;2*1-13-8-16(26-7-6-22-14(2)10-26)12-27-20(29)9-18(24-21(13)27)17-4-5-19-23-15(3)11-28(19)25-17/h5-8,11-12,14-15,23H,9-10H2,1-4H3;4-8,11-14,22H,9-10H2,1-3H3;2*4-5,8-9,11-12,14,22H,6-7,10H2,1-3H3/t14-,15+;13-,14-;2*14-/m.010/s1. The zero-order valence-electron chi connectivity index (χ0n) is 67.8. The van der Waals surface area contributed by atoms with Crippen LogP contribution in [0.15, 0.2) is 172 Å². The van der Waals surface area contributed by atoms with Crippen molar-refractivity contribution >= 4 is 67.9 Å². The number of aryl methyl sites for hydroxylation is 7. The smallest absolute Gasteiger partial charge is 0.258 e. The van der Waals surface area contributed by atoms with Gasteiger partial charge in [0.05, 0.1) is 93.1 Å². The van der Waals surface area contributed by atoms with E-state index in [9.17, 15) is 19.2 Å². The number of rotatable bonds is 8. The maximum absolute atomic E-state index is 13.0. The van der Waals surface area contributed by atoms with Gasteiger partial charge in [-0.15, -0.1) is 0 Å². The monoisotopic (exact) mass is 1570 g/mol. The van der Waals surface area contributed by atoms with Crippen LogP contribution in [-0.2, 0) is 0 Å². The fourth-order valence-corrected chi connectivity index (χ4v) is 16.3. The van der Waals surface area contributed by atoms with Gasteiger partial charge < -0.3 is 40.9 Å². The van der Waals surface area contributed by atoms with Crippen molar-refractivity contribution in [2.45, 2.75) is 126 Å². The topological polar surface area (TPSA) is 319 Å². The Morgan fingerprint density at radius 1 is 0.282 bits per heavy atom. The zero-order valence-corrected chi connectivity index (χ0v) is 67.8. The van der Waals surface area contributed by atoms with Gasteiger partial charge in [0.2, 0.25) is 0 Å². The third-order valence-corrected chi connectivity index (χ3v) is 21.6. The van der Waals surface area contributed by atoms with E-state index in [-0.39, 0.29) is 22.2 Å². The summed E-state index contributed by atoms with van der Waals surface area (Å²) in [5.74, 6) is 0. The number of fused-ring (bicyclic) bond motifs is 8. The van der Waals surface area contributed by atoms with Crippen molar-refractivity contribution in [2.24, 2.45) is 0 Å². The highest BCUT2D eigenvalue weighted by atomic mass is 16.1. The molecule has 598 valence electrons. The van der Waals surface area contributed by atoms with E-state index in [0.29, 0.717) is 104 Å². The summed E-state index contributed by atoms with van der Waals surface area (Å²) in [7, 11) is 0. The highest BCUT2D eigenvalue weighted by Crippen LogP contribution is 2.28. The summed E-state index contributed by atoms with van der Waals surface area (Å²) in [6.45, 7) is 35.9. The first-order valence-electron chi connectivity index (χ1n) is 39.8. The maximum Gasteiger partial charge on any atom is 0.258 e. The summed E-state index contributed by atoms with van der Waals surface area (Å²) in [5.41, 5.74) is 20.7. The van der Waals surface area contributed by atoms with E-state index in [1.807, 2.05) is 159 Å². The molecule has 0 radical (unpaired) electrons. The highest BCUT2D eigenvalue weighted by Gasteiger charge is 2.26. The first kappa shape index (κ1) is 76.6. The first-order chi connectivity index (χ1) is 56.3. The molecule has 16 aromatic rings. The lowest BCUT2D eigenvalue weighted by Crippen LogP contribution is -2.54. The first-order valence-corrected chi connectivity index (χ1v) is 39.8. The molecule has 0 saturated carbocycles. The normalized spacial score (nSPS) is 18.6. The Balaban J connectivity index is 0.000000112. The number of piperazine rings is 4. The van der Waals surface area contributed by atoms with Gasteiger partial charge in [-0.25, -0.2) is 57.9 Å². The third-order valence-electron chi connectivity index (χ3n) is 21.6. The van der Waals surface area contributed by atoms with E-state index < -0.39 is 0 Å². The number of imidazole rings is 4. The number of anilines is 4. The van der Waals surface area contributed by atoms with Crippen LogP contribution < -0.4 is 63.1 Å². The maximum atomic E-state index is 13.0. The van der Waals surface area contributed by atoms with Gasteiger partial charge in [-0.2, -0.15) is 20.4 Å². The average Bonchev–Trinajstić information content (AvgIpc) is 0.939. The van der Waals surface area contributed by atoms with Crippen molar-refractivity contribution in [3.05, 3.63) is 234 Å². The predicted molar refractivity (Wildman–Crippen MR) is 455 cm³/mol. The fourth-order valence-electron chi connectivity index (χ4n) is 16.3. The second-order valence-corrected chi connectivity index (χ2v) is 31.7. The van der Waals surface area contributed by atoms with Gasteiger partial charge in [0.1, 0.15) is 45.4 Å². The van der Waals surface area contributed by atoms with E-state index in [1.165, 1.54) is 6.07 Å². The molecule has 32 heteroatoms. The van der Waals surface area contributed by atoms with Gasteiger partial charge >= 0.3 is 0 Å². The van der Waals surface area contributed by atoms with Crippen LogP contribution in [-0.4, -0.2) is 198 Å².